The molecule has 90 valence electrons. The molecule has 1 aromatic rings. The van der Waals surface area contributed by atoms with E-state index in [9.17, 15) is 0 Å². The third-order valence-corrected chi connectivity index (χ3v) is 2.77. The van der Waals surface area contributed by atoms with Crippen LogP contribution in [0, 0.1) is 0 Å². The number of nitrogens with two attached hydrogens (primary N) is 1. The third-order valence-electron chi connectivity index (χ3n) is 2.77. The zero-order chi connectivity index (χ0) is 12.0. The van der Waals surface area contributed by atoms with Crippen LogP contribution in [0.15, 0.2) is 18.2 Å². The smallest absolute Gasteiger partial charge is 0.142 e. The summed E-state index contributed by atoms with van der Waals surface area (Å²) in [6, 6.07) is 5.55. The Bertz CT molecular complexity index is 332. The van der Waals surface area contributed by atoms with Crippen molar-refractivity contribution in [3.05, 3.63) is 18.2 Å². The predicted octanol–water partition coefficient (Wildman–Crippen LogP) is 1.33. The molecule has 0 radical (unpaired) electrons. The zero-order valence-corrected chi connectivity index (χ0v) is 9.83. The highest BCUT2D eigenvalue weighted by atomic mass is 16.3. The van der Waals surface area contributed by atoms with E-state index < -0.39 is 0 Å². The van der Waals surface area contributed by atoms with E-state index in [-0.39, 0.29) is 12.1 Å². The Kier molecular flexibility index (Phi) is 4.52. The Morgan fingerprint density at radius 2 is 2.12 bits per heavy atom. The summed E-state index contributed by atoms with van der Waals surface area (Å²) in [5.74, 6) is 6.67. The lowest BCUT2D eigenvalue weighted by Crippen LogP contribution is -2.35. The highest BCUT2D eigenvalue weighted by Crippen LogP contribution is 2.21. The Balaban J connectivity index is 2.77. The molecule has 0 aromatic carbocycles. The summed E-state index contributed by atoms with van der Waals surface area (Å²) in [6.07, 6.45) is 1.60. The first-order valence-corrected chi connectivity index (χ1v) is 5.46. The van der Waals surface area contributed by atoms with E-state index in [4.69, 9.17) is 10.9 Å². The van der Waals surface area contributed by atoms with Gasteiger partial charge in [-0.25, -0.2) is 10.8 Å². The summed E-state index contributed by atoms with van der Waals surface area (Å²) < 4.78 is 0. The second kappa shape index (κ2) is 5.67. The number of anilines is 2. The van der Waals surface area contributed by atoms with Crippen LogP contribution in [-0.2, 0) is 0 Å². The standard InChI is InChI=1S/C11H20N4O/c1-3-11(2,7-8-16)14-9-5-4-6-10(13-9)15-12/h4-6,16H,3,7-8,12H2,1-2H3,(H2,13,14,15). The van der Waals surface area contributed by atoms with E-state index in [0.717, 1.165) is 12.2 Å². The number of aliphatic hydroxyl groups excluding tert-OH is 1. The number of nitrogen functional groups attached to an aromatic ring is 1. The van der Waals surface area contributed by atoms with Crippen LogP contribution in [0.25, 0.3) is 0 Å². The van der Waals surface area contributed by atoms with Crippen LogP contribution in [0.2, 0.25) is 0 Å². The SMILES string of the molecule is CCC(C)(CCO)Nc1cccc(NN)n1. The molecule has 0 bridgehead atoms. The van der Waals surface area contributed by atoms with Crippen molar-refractivity contribution in [1.82, 2.24) is 4.98 Å². The molecule has 1 heterocycles. The molecule has 0 aliphatic heterocycles. The fraction of sp³-hybridized carbons (Fsp3) is 0.545. The summed E-state index contributed by atoms with van der Waals surface area (Å²) >= 11 is 0. The van der Waals surface area contributed by atoms with Gasteiger partial charge in [0, 0.05) is 12.1 Å². The average Bonchev–Trinajstić information content (AvgIpc) is 2.29. The maximum absolute atomic E-state index is 9.02. The number of pyridine rings is 1. The molecule has 5 heteroatoms. The number of aromatic nitrogens is 1. The molecule has 0 spiro atoms. The van der Waals surface area contributed by atoms with Gasteiger partial charge in [-0.2, -0.15) is 0 Å². The molecule has 5 nitrogen and oxygen atoms in total. The number of hydrogen-bond donors (Lipinski definition) is 4. The molecular weight excluding hydrogens is 204 g/mol. The predicted molar refractivity (Wildman–Crippen MR) is 66.1 cm³/mol. The number of rotatable bonds is 6. The van der Waals surface area contributed by atoms with Gasteiger partial charge in [0.2, 0.25) is 0 Å². The molecule has 1 aromatic heterocycles. The molecule has 0 saturated carbocycles. The number of nitrogens with one attached hydrogen (secondary N) is 2. The minimum Gasteiger partial charge on any atom is -0.396 e. The van der Waals surface area contributed by atoms with Gasteiger partial charge in [-0.3, -0.25) is 0 Å². The Labute approximate surface area is 96.0 Å². The van der Waals surface area contributed by atoms with Crippen LogP contribution < -0.4 is 16.6 Å². The van der Waals surface area contributed by atoms with Gasteiger partial charge >= 0.3 is 0 Å². The van der Waals surface area contributed by atoms with Crippen LogP contribution in [0.1, 0.15) is 26.7 Å². The largest absolute Gasteiger partial charge is 0.396 e. The maximum atomic E-state index is 9.02. The molecule has 0 fully saturated rings. The van der Waals surface area contributed by atoms with Gasteiger partial charge < -0.3 is 15.8 Å². The lowest BCUT2D eigenvalue weighted by atomic mass is 9.95. The Morgan fingerprint density at radius 3 is 2.69 bits per heavy atom. The van der Waals surface area contributed by atoms with E-state index in [2.05, 4.69) is 29.6 Å². The fourth-order valence-corrected chi connectivity index (χ4v) is 1.47. The van der Waals surface area contributed by atoms with Crippen LogP contribution in [0.4, 0.5) is 11.6 Å². The van der Waals surface area contributed by atoms with Crippen molar-refractivity contribution in [3.63, 3.8) is 0 Å². The highest BCUT2D eigenvalue weighted by molar-refractivity contribution is 5.45. The van der Waals surface area contributed by atoms with Crippen molar-refractivity contribution in [2.75, 3.05) is 17.3 Å². The molecule has 1 atom stereocenters. The van der Waals surface area contributed by atoms with Crippen molar-refractivity contribution >= 4 is 11.6 Å². The van der Waals surface area contributed by atoms with Crippen molar-refractivity contribution in [1.29, 1.82) is 0 Å². The van der Waals surface area contributed by atoms with E-state index in [1.54, 1.807) is 6.07 Å². The molecule has 16 heavy (non-hydrogen) atoms. The molecule has 0 amide bonds. The monoisotopic (exact) mass is 224 g/mol. The van der Waals surface area contributed by atoms with Crippen molar-refractivity contribution in [3.8, 4) is 0 Å². The first-order chi connectivity index (χ1) is 7.63. The lowest BCUT2D eigenvalue weighted by molar-refractivity contribution is 0.252. The molecule has 1 unspecified atom stereocenters. The quantitative estimate of drug-likeness (QED) is 0.433. The Hall–Kier alpha value is -1.33. The third kappa shape index (κ3) is 3.36. The van der Waals surface area contributed by atoms with Gasteiger partial charge in [0.1, 0.15) is 11.6 Å². The number of hydrazine groups is 1. The summed E-state index contributed by atoms with van der Waals surface area (Å²) in [5.41, 5.74) is 2.36. The van der Waals surface area contributed by atoms with E-state index in [1.807, 2.05) is 12.1 Å². The van der Waals surface area contributed by atoms with Crippen LogP contribution in [0.5, 0.6) is 0 Å². The second-order valence-electron chi connectivity index (χ2n) is 4.07. The molecule has 1 rings (SSSR count). The van der Waals surface area contributed by atoms with E-state index in [1.165, 1.54) is 0 Å². The molecule has 0 saturated heterocycles. The van der Waals surface area contributed by atoms with Gasteiger partial charge in [0.15, 0.2) is 0 Å². The van der Waals surface area contributed by atoms with Gasteiger partial charge in [-0.1, -0.05) is 13.0 Å². The van der Waals surface area contributed by atoms with Crippen LogP contribution in [0.3, 0.4) is 0 Å². The van der Waals surface area contributed by atoms with Crippen molar-refractivity contribution < 1.29 is 5.11 Å². The summed E-state index contributed by atoms with van der Waals surface area (Å²) in [6.45, 7) is 4.30. The second-order valence-corrected chi connectivity index (χ2v) is 4.07. The maximum Gasteiger partial charge on any atom is 0.142 e. The number of hydrogen-bond acceptors (Lipinski definition) is 5. The van der Waals surface area contributed by atoms with Gasteiger partial charge in [-0.05, 0) is 31.9 Å². The van der Waals surface area contributed by atoms with E-state index in [0.29, 0.717) is 12.2 Å². The molecule has 5 N–H and O–H groups in total. The topological polar surface area (TPSA) is 83.2 Å². The summed E-state index contributed by atoms with van der Waals surface area (Å²) in [4.78, 5) is 4.28. The lowest BCUT2D eigenvalue weighted by Gasteiger charge is -2.29. The van der Waals surface area contributed by atoms with Crippen molar-refractivity contribution in [2.45, 2.75) is 32.2 Å². The summed E-state index contributed by atoms with van der Waals surface area (Å²) in [7, 11) is 0. The van der Waals surface area contributed by atoms with Crippen molar-refractivity contribution in [2.24, 2.45) is 5.84 Å². The normalized spacial score (nSPS) is 14.2. The first kappa shape index (κ1) is 12.7. The average molecular weight is 224 g/mol. The minimum absolute atomic E-state index is 0.144. The number of nitrogens with zero attached hydrogens (tertiary/aromatic N) is 1. The minimum atomic E-state index is -0.144. The van der Waals surface area contributed by atoms with Gasteiger partial charge in [-0.15, -0.1) is 0 Å². The van der Waals surface area contributed by atoms with Gasteiger partial charge in [0.05, 0.1) is 0 Å². The zero-order valence-electron chi connectivity index (χ0n) is 9.83. The van der Waals surface area contributed by atoms with Crippen LogP contribution in [-0.4, -0.2) is 22.2 Å². The van der Waals surface area contributed by atoms with Gasteiger partial charge in [0.25, 0.3) is 0 Å². The highest BCUT2D eigenvalue weighted by Gasteiger charge is 2.21. The molecule has 0 aliphatic rings. The van der Waals surface area contributed by atoms with Crippen LogP contribution >= 0.6 is 0 Å². The van der Waals surface area contributed by atoms with E-state index >= 15 is 0 Å². The molecule has 0 aliphatic carbocycles. The fourth-order valence-electron chi connectivity index (χ4n) is 1.47. The Morgan fingerprint density at radius 1 is 1.44 bits per heavy atom. The molecular formula is C11H20N4O. The number of aliphatic hydroxyl groups is 1. The summed E-state index contributed by atoms with van der Waals surface area (Å²) in [5, 5.41) is 12.3. The first-order valence-electron chi connectivity index (χ1n) is 5.46.